The van der Waals surface area contributed by atoms with Crippen LogP contribution in [0.3, 0.4) is 0 Å². The Balaban J connectivity index is 1.85. The third-order valence-corrected chi connectivity index (χ3v) is 3.71. The largest absolute Gasteiger partial charge is 0.473 e. The van der Waals surface area contributed by atoms with Crippen molar-refractivity contribution in [2.75, 3.05) is 0 Å². The molecule has 3 rings (SSSR count). The fourth-order valence-electron chi connectivity index (χ4n) is 2.33. The van der Waals surface area contributed by atoms with Crippen molar-refractivity contribution in [3.05, 3.63) is 87.1 Å². The maximum Gasteiger partial charge on any atom is 0.329 e. The molecule has 0 spiro atoms. The number of benzene rings is 2. The molecule has 0 aliphatic rings. The van der Waals surface area contributed by atoms with Crippen molar-refractivity contribution in [3.8, 4) is 17.4 Å². The number of nitro groups is 1. The van der Waals surface area contributed by atoms with Crippen molar-refractivity contribution in [2.45, 2.75) is 13.5 Å². The zero-order valence-electron chi connectivity index (χ0n) is 13.9. The predicted molar refractivity (Wildman–Crippen MR) is 97.9 cm³/mol. The second-order valence-electron chi connectivity index (χ2n) is 5.59. The molecule has 0 unspecified atom stereocenters. The number of hydrogen-bond donors (Lipinski definition) is 0. The summed E-state index contributed by atoms with van der Waals surface area (Å²) in [7, 11) is 0. The summed E-state index contributed by atoms with van der Waals surface area (Å²) >= 11 is 6.02. The molecular formula is C19H15ClN2O4. The molecule has 3 aromatic rings. The maximum absolute atomic E-state index is 11.3. The molecule has 6 nitrogen and oxygen atoms in total. The van der Waals surface area contributed by atoms with E-state index in [4.69, 9.17) is 21.1 Å². The van der Waals surface area contributed by atoms with Crippen LogP contribution in [0.1, 0.15) is 11.1 Å². The Kier molecular flexibility index (Phi) is 5.34. The number of rotatable bonds is 6. The Labute approximate surface area is 155 Å². The van der Waals surface area contributed by atoms with E-state index < -0.39 is 4.92 Å². The summed E-state index contributed by atoms with van der Waals surface area (Å²) in [6.07, 6.45) is 1.12. The van der Waals surface area contributed by atoms with E-state index in [0.29, 0.717) is 17.4 Å². The van der Waals surface area contributed by atoms with Crippen LogP contribution in [0.25, 0.3) is 0 Å². The average Bonchev–Trinajstić information content (AvgIpc) is 2.60. The van der Waals surface area contributed by atoms with Crippen LogP contribution in [0.2, 0.25) is 5.02 Å². The lowest BCUT2D eigenvalue weighted by Gasteiger charge is -2.10. The minimum Gasteiger partial charge on any atom is -0.473 e. The fraction of sp³-hybridized carbons (Fsp3) is 0.105. The van der Waals surface area contributed by atoms with Crippen LogP contribution in [0.15, 0.2) is 60.8 Å². The molecular weight excluding hydrogens is 356 g/mol. The van der Waals surface area contributed by atoms with Crippen molar-refractivity contribution in [1.82, 2.24) is 4.98 Å². The highest BCUT2D eigenvalue weighted by Crippen LogP contribution is 2.34. The van der Waals surface area contributed by atoms with Crippen molar-refractivity contribution >= 4 is 17.3 Å². The van der Waals surface area contributed by atoms with Crippen LogP contribution in [0.5, 0.6) is 17.4 Å². The highest BCUT2D eigenvalue weighted by Gasteiger charge is 2.19. The van der Waals surface area contributed by atoms with E-state index in [9.17, 15) is 10.1 Å². The average molecular weight is 371 g/mol. The molecule has 0 saturated carbocycles. The highest BCUT2D eigenvalue weighted by atomic mass is 35.5. The van der Waals surface area contributed by atoms with Gasteiger partial charge < -0.3 is 9.47 Å². The van der Waals surface area contributed by atoms with Crippen LogP contribution in [-0.2, 0) is 6.61 Å². The van der Waals surface area contributed by atoms with Gasteiger partial charge >= 0.3 is 5.69 Å². The summed E-state index contributed by atoms with van der Waals surface area (Å²) in [4.78, 5) is 14.7. The third kappa shape index (κ3) is 4.49. The number of halogens is 1. The number of aromatic nitrogens is 1. The lowest BCUT2D eigenvalue weighted by molar-refractivity contribution is -0.386. The molecule has 0 N–H and O–H groups in total. The topological polar surface area (TPSA) is 74.5 Å². The molecule has 0 aliphatic heterocycles. The van der Waals surface area contributed by atoms with E-state index in [1.54, 1.807) is 18.2 Å². The molecule has 0 amide bonds. The normalized spacial score (nSPS) is 10.4. The Hall–Kier alpha value is -3.12. The number of hydrogen-bond acceptors (Lipinski definition) is 5. The van der Waals surface area contributed by atoms with Gasteiger partial charge in [-0.05, 0) is 36.2 Å². The smallest absolute Gasteiger partial charge is 0.329 e. The van der Waals surface area contributed by atoms with Crippen molar-refractivity contribution in [3.63, 3.8) is 0 Å². The molecule has 0 atom stereocenters. The van der Waals surface area contributed by atoms with Gasteiger partial charge in [-0.2, -0.15) is 0 Å². The lowest BCUT2D eigenvalue weighted by Crippen LogP contribution is -2.00. The molecule has 26 heavy (non-hydrogen) atoms. The highest BCUT2D eigenvalue weighted by molar-refractivity contribution is 6.30. The van der Waals surface area contributed by atoms with Crippen molar-refractivity contribution in [1.29, 1.82) is 0 Å². The third-order valence-electron chi connectivity index (χ3n) is 3.49. The van der Waals surface area contributed by atoms with E-state index in [1.807, 2.05) is 37.3 Å². The number of aryl methyl sites for hydroxylation is 1. The first kappa shape index (κ1) is 17.7. The molecule has 132 valence electrons. The zero-order chi connectivity index (χ0) is 18.5. The molecule has 2 aromatic carbocycles. The standard InChI is InChI=1S/C19H15ClN2O4/c1-13-7-15(20)9-16(8-13)26-18-10-19(21-11-17(18)22(23)24)25-12-14-5-3-2-4-6-14/h2-11H,12H2,1H3. The number of pyridine rings is 1. The summed E-state index contributed by atoms with van der Waals surface area (Å²) in [5.74, 6) is 0.668. The van der Waals surface area contributed by atoms with E-state index in [-0.39, 0.29) is 17.3 Å². The first-order chi connectivity index (χ1) is 12.5. The van der Waals surface area contributed by atoms with E-state index in [1.165, 1.54) is 6.07 Å². The molecule has 0 bridgehead atoms. The summed E-state index contributed by atoms with van der Waals surface area (Å²) in [5.41, 5.74) is 1.58. The van der Waals surface area contributed by atoms with Crippen LogP contribution >= 0.6 is 11.6 Å². The summed E-state index contributed by atoms with van der Waals surface area (Å²) < 4.78 is 11.3. The second-order valence-corrected chi connectivity index (χ2v) is 6.02. The van der Waals surface area contributed by atoms with Gasteiger partial charge in [-0.1, -0.05) is 41.9 Å². The van der Waals surface area contributed by atoms with Gasteiger partial charge in [0.25, 0.3) is 0 Å². The lowest BCUT2D eigenvalue weighted by atomic mass is 10.2. The van der Waals surface area contributed by atoms with Gasteiger partial charge in [0.1, 0.15) is 18.6 Å². The Bertz CT molecular complexity index is 912. The molecule has 1 aromatic heterocycles. The quantitative estimate of drug-likeness (QED) is 0.433. The molecule has 0 radical (unpaired) electrons. The summed E-state index contributed by atoms with van der Waals surface area (Å²) in [6, 6.07) is 16.0. The molecule has 1 heterocycles. The van der Waals surface area contributed by atoms with Gasteiger partial charge in [-0.25, -0.2) is 4.98 Å². The van der Waals surface area contributed by atoms with Crippen molar-refractivity contribution in [2.24, 2.45) is 0 Å². The first-order valence-corrected chi connectivity index (χ1v) is 8.15. The van der Waals surface area contributed by atoms with Gasteiger partial charge in [0.15, 0.2) is 0 Å². The fourth-order valence-corrected chi connectivity index (χ4v) is 2.61. The zero-order valence-corrected chi connectivity index (χ0v) is 14.6. The van der Waals surface area contributed by atoms with Crippen LogP contribution < -0.4 is 9.47 Å². The number of ether oxygens (including phenoxy) is 2. The van der Waals surface area contributed by atoms with E-state index in [2.05, 4.69) is 4.98 Å². The van der Waals surface area contributed by atoms with E-state index >= 15 is 0 Å². The van der Waals surface area contributed by atoms with Gasteiger partial charge in [0, 0.05) is 5.02 Å². The Morgan fingerprint density at radius 1 is 1.15 bits per heavy atom. The van der Waals surface area contributed by atoms with E-state index in [0.717, 1.165) is 17.3 Å². The van der Waals surface area contributed by atoms with Gasteiger partial charge in [-0.15, -0.1) is 0 Å². The monoisotopic (exact) mass is 370 g/mol. The molecule has 0 saturated heterocycles. The Morgan fingerprint density at radius 3 is 2.62 bits per heavy atom. The SMILES string of the molecule is Cc1cc(Cl)cc(Oc2cc(OCc3ccccc3)ncc2[N+](=O)[O-])c1. The van der Waals surface area contributed by atoms with Gasteiger partial charge in [0.05, 0.1) is 11.0 Å². The van der Waals surface area contributed by atoms with Crippen LogP contribution in [-0.4, -0.2) is 9.91 Å². The number of nitrogens with zero attached hydrogens (tertiary/aromatic N) is 2. The second kappa shape index (κ2) is 7.84. The molecule has 0 aliphatic carbocycles. The summed E-state index contributed by atoms with van der Waals surface area (Å²) in [6.45, 7) is 2.15. The minimum atomic E-state index is -0.555. The Morgan fingerprint density at radius 2 is 1.92 bits per heavy atom. The van der Waals surface area contributed by atoms with Crippen molar-refractivity contribution < 1.29 is 14.4 Å². The molecule has 7 heteroatoms. The predicted octanol–water partition coefficient (Wildman–Crippen LogP) is 5.32. The maximum atomic E-state index is 11.3. The van der Waals surface area contributed by atoms with Crippen LogP contribution in [0, 0.1) is 17.0 Å². The van der Waals surface area contributed by atoms with Gasteiger partial charge in [0.2, 0.25) is 11.6 Å². The van der Waals surface area contributed by atoms with Crippen LogP contribution in [0.4, 0.5) is 5.69 Å². The molecule has 0 fully saturated rings. The first-order valence-electron chi connectivity index (χ1n) is 7.77. The van der Waals surface area contributed by atoms with Gasteiger partial charge in [-0.3, -0.25) is 10.1 Å². The minimum absolute atomic E-state index is 0.0368. The summed E-state index contributed by atoms with van der Waals surface area (Å²) in [5, 5.41) is 11.7.